The number of rotatable bonds is 40. The molecule has 0 atom stereocenters. The van der Waals surface area contributed by atoms with E-state index in [1.165, 1.54) is 212 Å². The topological polar surface area (TPSA) is 46.5 Å². The standard InChI is InChI=1S/C57H92O3/c1-3-5-7-9-11-13-15-17-19-21-23-25-27-29-31-33-35-37-43-50-44-40-42-48-54(50)60-57(59)55-53-47-41-39-45-51(53)49-52(56(55)58)46-38-36-34-32-30-28-26-24-22-20-18-16-14-12-10-8-6-4-2/h39-42,44-45,47-49,58H,3-38,43,46H2,1-2H3. The highest BCUT2D eigenvalue weighted by Crippen LogP contribution is 2.34. The van der Waals surface area contributed by atoms with Crippen molar-refractivity contribution in [2.24, 2.45) is 0 Å². The predicted octanol–water partition coefficient (Wildman–Crippen LogP) is 18.9. The number of phenols is 1. The zero-order valence-electron chi connectivity index (χ0n) is 39.3. The summed E-state index contributed by atoms with van der Waals surface area (Å²) in [4.78, 5) is 13.9. The van der Waals surface area contributed by atoms with Gasteiger partial charge in [-0.3, -0.25) is 0 Å². The molecule has 3 aromatic rings. The summed E-state index contributed by atoms with van der Waals surface area (Å²) >= 11 is 0. The van der Waals surface area contributed by atoms with Gasteiger partial charge >= 0.3 is 5.97 Å². The first-order valence-electron chi connectivity index (χ1n) is 26.2. The van der Waals surface area contributed by atoms with Crippen LogP contribution >= 0.6 is 0 Å². The molecule has 0 spiro atoms. The molecule has 0 amide bonds. The first-order chi connectivity index (χ1) is 29.7. The molecule has 0 aromatic heterocycles. The van der Waals surface area contributed by atoms with Crippen molar-refractivity contribution in [3.05, 3.63) is 71.3 Å². The lowest BCUT2D eigenvalue weighted by atomic mass is 9.96. The Balaban J connectivity index is 1.29. The number of hydrogen-bond acceptors (Lipinski definition) is 3. The normalized spacial score (nSPS) is 11.5. The number of carbonyl (C=O) groups is 1. The van der Waals surface area contributed by atoms with Crippen molar-refractivity contribution >= 4 is 16.7 Å². The summed E-state index contributed by atoms with van der Waals surface area (Å²) in [5, 5.41) is 13.3. The Morgan fingerprint density at radius 1 is 0.417 bits per heavy atom. The van der Waals surface area contributed by atoms with Gasteiger partial charge in [0.15, 0.2) is 0 Å². The van der Waals surface area contributed by atoms with Gasteiger partial charge in [0.1, 0.15) is 17.1 Å². The van der Waals surface area contributed by atoms with Crippen LogP contribution in [0.5, 0.6) is 11.5 Å². The number of aromatic hydroxyl groups is 1. The van der Waals surface area contributed by atoms with Gasteiger partial charge < -0.3 is 9.84 Å². The summed E-state index contributed by atoms with van der Waals surface area (Å²) < 4.78 is 6.11. The molecule has 0 heterocycles. The number of hydrogen-bond donors (Lipinski definition) is 1. The fourth-order valence-corrected chi connectivity index (χ4v) is 9.19. The average Bonchev–Trinajstić information content (AvgIpc) is 3.26. The molecule has 0 saturated carbocycles. The Hall–Kier alpha value is -2.81. The van der Waals surface area contributed by atoms with Crippen LogP contribution in [-0.2, 0) is 12.8 Å². The smallest absolute Gasteiger partial charge is 0.347 e. The van der Waals surface area contributed by atoms with Crippen LogP contribution in [0.1, 0.15) is 266 Å². The monoisotopic (exact) mass is 825 g/mol. The van der Waals surface area contributed by atoms with Gasteiger partial charge in [-0.25, -0.2) is 4.79 Å². The van der Waals surface area contributed by atoms with E-state index < -0.39 is 5.97 Å². The van der Waals surface area contributed by atoms with Crippen LogP contribution in [0.15, 0.2) is 54.6 Å². The lowest BCUT2D eigenvalue weighted by Gasteiger charge is -2.15. The molecule has 3 aromatic carbocycles. The fraction of sp³-hybridized carbons (Fsp3) is 0.702. The summed E-state index contributed by atoms with van der Waals surface area (Å²) in [6.45, 7) is 4.59. The molecule has 0 saturated heterocycles. The quantitative estimate of drug-likeness (QED) is 0.0353. The number of phenolic OH excluding ortho intramolecular Hbond substituents is 1. The zero-order valence-corrected chi connectivity index (χ0v) is 39.3. The van der Waals surface area contributed by atoms with E-state index in [0.717, 1.165) is 54.0 Å². The number of para-hydroxylation sites is 1. The molecule has 1 N–H and O–H groups in total. The minimum Gasteiger partial charge on any atom is -0.507 e. The minimum absolute atomic E-state index is 0.0895. The van der Waals surface area contributed by atoms with E-state index in [4.69, 9.17) is 4.74 Å². The largest absolute Gasteiger partial charge is 0.507 e. The summed E-state index contributed by atoms with van der Waals surface area (Å²) in [5.41, 5.74) is 2.22. The summed E-state index contributed by atoms with van der Waals surface area (Å²) in [6.07, 6.45) is 50.6. The highest BCUT2D eigenvalue weighted by atomic mass is 16.5. The van der Waals surface area contributed by atoms with E-state index in [-0.39, 0.29) is 5.75 Å². The molecule has 0 fully saturated rings. The Morgan fingerprint density at radius 3 is 1.17 bits per heavy atom. The van der Waals surface area contributed by atoms with Crippen molar-refractivity contribution in [2.45, 2.75) is 258 Å². The number of aryl methyl sites for hydroxylation is 2. The Bertz CT molecular complexity index is 1480. The molecule has 0 aliphatic carbocycles. The third kappa shape index (κ3) is 23.4. The van der Waals surface area contributed by atoms with Crippen molar-refractivity contribution in [1.82, 2.24) is 0 Å². The number of fused-ring (bicyclic) bond motifs is 1. The second kappa shape index (κ2) is 35.8. The summed E-state index contributed by atoms with van der Waals surface area (Å²) in [5.74, 6) is 0.243. The number of esters is 1. The van der Waals surface area contributed by atoms with Crippen molar-refractivity contribution < 1.29 is 14.6 Å². The van der Waals surface area contributed by atoms with Gasteiger partial charge in [-0.05, 0) is 59.7 Å². The molecule has 0 bridgehead atoms. The first-order valence-corrected chi connectivity index (χ1v) is 26.2. The number of benzene rings is 3. The SMILES string of the molecule is CCCCCCCCCCCCCCCCCCCCc1ccccc1OC(=O)c1c(O)c(CCCCCCCCCCCCCCCCCCCC)cc2ccccc12. The van der Waals surface area contributed by atoms with Gasteiger partial charge in [0.2, 0.25) is 0 Å². The average molecular weight is 825 g/mol. The van der Waals surface area contributed by atoms with Gasteiger partial charge in [0.05, 0.1) is 0 Å². The van der Waals surface area contributed by atoms with E-state index in [1.54, 1.807) is 0 Å². The molecular formula is C57H92O3. The van der Waals surface area contributed by atoms with Crippen molar-refractivity contribution in [3.63, 3.8) is 0 Å². The van der Waals surface area contributed by atoms with E-state index in [9.17, 15) is 9.90 Å². The van der Waals surface area contributed by atoms with E-state index in [2.05, 4.69) is 26.0 Å². The summed E-state index contributed by atoms with van der Waals surface area (Å²) in [6, 6.07) is 17.9. The third-order valence-corrected chi connectivity index (χ3v) is 13.1. The van der Waals surface area contributed by atoms with Crippen LogP contribution in [0, 0.1) is 0 Å². The molecule has 60 heavy (non-hydrogen) atoms. The number of ether oxygens (including phenoxy) is 1. The fourth-order valence-electron chi connectivity index (χ4n) is 9.19. The second-order valence-corrected chi connectivity index (χ2v) is 18.5. The van der Waals surface area contributed by atoms with Crippen LogP contribution in [0.3, 0.4) is 0 Å². The Morgan fingerprint density at radius 2 is 0.750 bits per heavy atom. The molecule has 3 heteroatoms. The molecule has 0 aliphatic heterocycles. The minimum atomic E-state index is -0.464. The summed E-state index contributed by atoms with van der Waals surface area (Å²) in [7, 11) is 0. The van der Waals surface area contributed by atoms with Crippen LogP contribution in [-0.4, -0.2) is 11.1 Å². The molecule has 3 nitrogen and oxygen atoms in total. The van der Waals surface area contributed by atoms with Crippen LogP contribution in [0.2, 0.25) is 0 Å². The Kier molecular flexibility index (Phi) is 30.7. The van der Waals surface area contributed by atoms with Gasteiger partial charge in [-0.1, -0.05) is 275 Å². The lowest BCUT2D eigenvalue weighted by Crippen LogP contribution is -2.12. The first kappa shape index (κ1) is 51.5. The molecule has 338 valence electrons. The Labute approximate surface area is 370 Å². The highest BCUT2D eigenvalue weighted by Gasteiger charge is 2.22. The van der Waals surface area contributed by atoms with Crippen molar-refractivity contribution in [3.8, 4) is 11.5 Å². The maximum Gasteiger partial charge on any atom is 0.347 e. The van der Waals surface area contributed by atoms with Gasteiger partial charge in [0, 0.05) is 0 Å². The molecule has 0 radical (unpaired) electrons. The third-order valence-electron chi connectivity index (χ3n) is 13.1. The second-order valence-electron chi connectivity index (χ2n) is 18.5. The van der Waals surface area contributed by atoms with Crippen molar-refractivity contribution in [1.29, 1.82) is 0 Å². The molecule has 3 rings (SSSR count). The maximum absolute atomic E-state index is 13.9. The predicted molar refractivity (Wildman–Crippen MR) is 262 cm³/mol. The highest BCUT2D eigenvalue weighted by molar-refractivity contribution is 6.08. The molecular weight excluding hydrogens is 733 g/mol. The van der Waals surface area contributed by atoms with Crippen molar-refractivity contribution in [2.75, 3.05) is 0 Å². The van der Waals surface area contributed by atoms with E-state index in [0.29, 0.717) is 11.3 Å². The zero-order chi connectivity index (χ0) is 42.6. The van der Waals surface area contributed by atoms with Crippen LogP contribution < -0.4 is 4.74 Å². The van der Waals surface area contributed by atoms with Crippen LogP contribution in [0.4, 0.5) is 0 Å². The van der Waals surface area contributed by atoms with E-state index >= 15 is 0 Å². The van der Waals surface area contributed by atoms with Gasteiger partial charge in [0.25, 0.3) is 0 Å². The van der Waals surface area contributed by atoms with E-state index in [1.807, 2.05) is 42.5 Å². The molecule has 0 unspecified atom stereocenters. The van der Waals surface area contributed by atoms with Gasteiger partial charge in [-0.2, -0.15) is 0 Å². The van der Waals surface area contributed by atoms with Crippen LogP contribution in [0.25, 0.3) is 10.8 Å². The van der Waals surface area contributed by atoms with Gasteiger partial charge in [-0.15, -0.1) is 0 Å². The number of carbonyl (C=O) groups excluding carboxylic acids is 1. The molecule has 0 aliphatic rings. The lowest BCUT2D eigenvalue weighted by molar-refractivity contribution is 0.0732. The number of unbranched alkanes of at least 4 members (excludes halogenated alkanes) is 34. The maximum atomic E-state index is 13.9.